The summed E-state index contributed by atoms with van der Waals surface area (Å²) in [5, 5.41) is 0. The summed E-state index contributed by atoms with van der Waals surface area (Å²) in [7, 11) is 0. The second kappa shape index (κ2) is 5.71. The molecule has 5 atom stereocenters. The molecule has 0 amide bonds. The van der Waals surface area contributed by atoms with Gasteiger partial charge in [0.2, 0.25) is 0 Å². The van der Waals surface area contributed by atoms with Gasteiger partial charge in [0.15, 0.2) is 0 Å². The van der Waals surface area contributed by atoms with Crippen molar-refractivity contribution in [2.45, 2.75) is 56.8 Å². The summed E-state index contributed by atoms with van der Waals surface area (Å²) in [6, 6.07) is 16.6. The number of benzene rings is 2. The highest BCUT2D eigenvalue weighted by molar-refractivity contribution is 5.83. The van der Waals surface area contributed by atoms with E-state index in [0.717, 1.165) is 37.9 Å². The van der Waals surface area contributed by atoms with Gasteiger partial charge in [-0.05, 0) is 58.8 Å². The van der Waals surface area contributed by atoms with Crippen LogP contribution in [-0.4, -0.2) is 18.6 Å². The van der Waals surface area contributed by atoms with E-state index < -0.39 is 5.41 Å². The van der Waals surface area contributed by atoms with E-state index in [1.54, 1.807) is 0 Å². The normalized spacial score (nSPS) is 38.6. The molecule has 4 heteroatoms. The number of esters is 1. The van der Waals surface area contributed by atoms with E-state index >= 15 is 0 Å². The Labute approximate surface area is 171 Å². The highest BCUT2D eigenvalue weighted by Gasteiger charge is 2.77. The van der Waals surface area contributed by atoms with E-state index in [2.05, 4.69) is 25.1 Å². The lowest BCUT2D eigenvalue weighted by Gasteiger charge is -2.58. The van der Waals surface area contributed by atoms with Crippen LogP contribution in [-0.2, 0) is 32.7 Å². The predicted octanol–water partition coefficient (Wildman–Crippen LogP) is 3.81. The van der Waals surface area contributed by atoms with Crippen LogP contribution in [0.3, 0.4) is 0 Å². The molecule has 0 aromatic heterocycles. The number of epoxide rings is 1. The average molecular weight is 389 g/mol. The maximum absolute atomic E-state index is 13.5. The van der Waals surface area contributed by atoms with Crippen molar-refractivity contribution in [3.05, 3.63) is 70.8 Å². The topological polar surface area (TPSA) is 64.8 Å². The third kappa shape index (κ3) is 2.30. The van der Waals surface area contributed by atoms with Gasteiger partial charge in [0, 0.05) is 6.04 Å². The molecule has 3 fully saturated rings. The molecule has 3 aliphatic carbocycles. The summed E-state index contributed by atoms with van der Waals surface area (Å²) in [6.07, 6.45) is 3.91. The molecule has 2 N–H and O–H groups in total. The van der Waals surface area contributed by atoms with Crippen LogP contribution in [0.5, 0.6) is 0 Å². The molecule has 29 heavy (non-hydrogen) atoms. The standard InChI is InChI=1S/C25H27NO3/c1-23-14-24(10-18-8-7-17(9-19(18)23)20-13-28-20)11-21(26)25(24,15-23)22(27)29-12-16-5-3-2-4-6-16/h2-9,20-21H,10-15,26H2,1H3. The highest BCUT2D eigenvalue weighted by atomic mass is 16.6. The summed E-state index contributed by atoms with van der Waals surface area (Å²) in [5.41, 5.74) is 11.0. The minimum atomic E-state index is -0.564. The molecule has 4 nitrogen and oxygen atoms in total. The number of nitrogens with two attached hydrogens (primary N) is 1. The van der Waals surface area contributed by atoms with Crippen LogP contribution in [0.4, 0.5) is 0 Å². The Hall–Kier alpha value is -2.17. The first kappa shape index (κ1) is 17.7. The maximum atomic E-state index is 13.5. The smallest absolute Gasteiger partial charge is 0.314 e. The molecule has 2 aromatic carbocycles. The molecule has 6 rings (SSSR count). The van der Waals surface area contributed by atoms with Gasteiger partial charge in [-0.25, -0.2) is 0 Å². The van der Waals surface area contributed by atoms with Crippen molar-refractivity contribution in [3.8, 4) is 0 Å². The Morgan fingerprint density at radius 1 is 1.21 bits per heavy atom. The third-order valence-corrected chi connectivity index (χ3v) is 8.18. The number of carbonyl (C=O) groups excluding carboxylic acids is 1. The summed E-state index contributed by atoms with van der Waals surface area (Å²) in [5.74, 6) is -0.0950. The van der Waals surface area contributed by atoms with Gasteiger partial charge >= 0.3 is 5.97 Å². The predicted molar refractivity (Wildman–Crippen MR) is 109 cm³/mol. The monoisotopic (exact) mass is 389 g/mol. The summed E-state index contributed by atoms with van der Waals surface area (Å²) < 4.78 is 11.4. The molecule has 1 aliphatic heterocycles. The molecule has 1 saturated heterocycles. The minimum Gasteiger partial charge on any atom is -0.460 e. The Kier molecular flexibility index (Phi) is 3.48. The molecular weight excluding hydrogens is 362 g/mol. The van der Waals surface area contributed by atoms with E-state index in [-0.39, 0.29) is 28.9 Å². The Bertz CT molecular complexity index is 1000. The van der Waals surface area contributed by atoms with Crippen LogP contribution in [0.25, 0.3) is 0 Å². The molecule has 2 saturated carbocycles. The quantitative estimate of drug-likeness (QED) is 0.638. The summed E-state index contributed by atoms with van der Waals surface area (Å²) in [6.45, 7) is 3.46. The zero-order chi connectivity index (χ0) is 19.9. The third-order valence-electron chi connectivity index (χ3n) is 8.18. The van der Waals surface area contributed by atoms with Gasteiger partial charge < -0.3 is 15.2 Å². The van der Waals surface area contributed by atoms with E-state index in [1.807, 2.05) is 30.3 Å². The second-order valence-corrected chi connectivity index (χ2v) is 9.95. The first-order valence-electron chi connectivity index (χ1n) is 10.7. The van der Waals surface area contributed by atoms with Crippen molar-refractivity contribution >= 4 is 5.97 Å². The van der Waals surface area contributed by atoms with Crippen molar-refractivity contribution < 1.29 is 14.3 Å². The van der Waals surface area contributed by atoms with Crippen molar-refractivity contribution in [1.82, 2.24) is 0 Å². The van der Waals surface area contributed by atoms with Crippen molar-refractivity contribution in [2.24, 2.45) is 16.6 Å². The van der Waals surface area contributed by atoms with Gasteiger partial charge in [0.05, 0.1) is 12.0 Å². The van der Waals surface area contributed by atoms with Crippen LogP contribution in [0.1, 0.15) is 54.5 Å². The van der Waals surface area contributed by atoms with E-state index in [1.165, 1.54) is 16.7 Å². The summed E-state index contributed by atoms with van der Waals surface area (Å²) >= 11 is 0. The first-order valence-corrected chi connectivity index (χ1v) is 10.7. The fraction of sp³-hybridized carbons (Fsp3) is 0.480. The number of rotatable bonds is 4. The fourth-order valence-electron chi connectivity index (χ4n) is 6.90. The Balaban J connectivity index is 1.34. The minimum absolute atomic E-state index is 0.0294. The van der Waals surface area contributed by atoms with Crippen LogP contribution >= 0.6 is 0 Å². The van der Waals surface area contributed by atoms with Gasteiger partial charge in [-0.15, -0.1) is 0 Å². The molecule has 2 bridgehead atoms. The molecule has 1 heterocycles. The Morgan fingerprint density at radius 2 is 2.00 bits per heavy atom. The molecule has 150 valence electrons. The summed E-state index contributed by atoms with van der Waals surface area (Å²) in [4.78, 5) is 13.5. The molecule has 4 aliphatic rings. The van der Waals surface area contributed by atoms with Crippen LogP contribution in [0.2, 0.25) is 0 Å². The lowest BCUT2D eigenvalue weighted by Crippen LogP contribution is -2.67. The number of ether oxygens (including phenoxy) is 2. The largest absolute Gasteiger partial charge is 0.460 e. The molecule has 0 radical (unpaired) electrons. The Morgan fingerprint density at radius 3 is 2.72 bits per heavy atom. The van der Waals surface area contributed by atoms with Crippen molar-refractivity contribution in [3.63, 3.8) is 0 Å². The van der Waals surface area contributed by atoms with Gasteiger partial charge in [-0.3, -0.25) is 4.79 Å². The fourth-order valence-corrected chi connectivity index (χ4v) is 6.90. The van der Waals surface area contributed by atoms with Crippen molar-refractivity contribution in [2.75, 3.05) is 6.61 Å². The highest BCUT2D eigenvalue weighted by Crippen LogP contribution is 2.75. The number of hydrogen-bond acceptors (Lipinski definition) is 4. The van der Waals surface area contributed by atoms with Crippen molar-refractivity contribution in [1.29, 1.82) is 0 Å². The lowest BCUT2D eigenvalue weighted by atomic mass is 9.46. The van der Waals surface area contributed by atoms with Gasteiger partial charge in [-0.1, -0.05) is 55.5 Å². The number of fused-ring (bicyclic) bond motifs is 3. The molecular formula is C25H27NO3. The zero-order valence-electron chi connectivity index (χ0n) is 16.8. The van der Waals surface area contributed by atoms with Gasteiger partial charge in [0.25, 0.3) is 0 Å². The van der Waals surface area contributed by atoms with Crippen LogP contribution in [0.15, 0.2) is 48.5 Å². The molecule has 1 spiro atoms. The SMILES string of the molecule is CC12CC3(Cc4ccc(C5CO5)cc41)CC(N)C3(C(=O)OCc1ccccc1)C2. The van der Waals surface area contributed by atoms with Gasteiger partial charge in [-0.2, -0.15) is 0 Å². The maximum Gasteiger partial charge on any atom is 0.314 e. The van der Waals surface area contributed by atoms with E-state index in [0.29, 0.717) is 6.61 Å². The van der Waals surface area contributed by atoms with E-state index in [9.17, 15) is 4.79 Å². The number of hydrogen-bond donors (Lipinski definition) is 1. The lowest BCUT2D eigenvalue weighted by molar-refractivity contribution is -0.183. The molecule has 2 aromatic rings. The van der Waals surface area contributed by atoms with Gasteiger partial charge in [0.1, 0.15) is 12.7 Å². The van der Waals surface area contributed by atoms with E-state index in [4.69, 9.17) is 15.2 Å². The number of carbonyl (C=O) groups is 1. The van der Waals surface area contributed by atoms with Crippen LogP contribution < -0.4 is 5.73 Å². The van der Waals surface area contributed by atoms with Crippen LogP contribution in [0, 0.1) is 10.8 Å². The average Bonchev–Trinajstić information content (AvgIpc) is 3.54. The first-order chi connectivity index (χ1) is 14.0. The zero-order valence-corrected chi connectivity index (χ0v) is 16.8. The second-order valence-electron chi connectivity index (χ2n) is 9.95. The molecule has 5 unspecified atom stereocenters.